The average Bonchev–Trinajstić information content (AvgIpc) is 3.11. The summed E-state index contributed by atoms with van der Waals surface area (Å²) in [5.74, 6) is 1.55. The molecule has 1 aliphatic rings. The van der Waals surface area contributed by atoms with Crippen LogP contribution in [0.4, 0.5) is 0 Å². The predicted molar refractivity (Wildman–Crippen MR) is 107 cm³/mol. The van der Waals surface area contributed by atoms with Crippen LogP contribution in [0.5, 0.6) is 0 Å². The minimum Gasteiger partial charge on any atom is -0.343 e. The molecule has 3 aromatic rings. The van der Waals surface area contributed by atoms with Crippen molar-refractivity contribution >= 4 is 16.9 Å². The number of para-hydroxylation sites is 2. The molecular formula is C21H25N5O2. The maximum Gasteiger partial charge on any atom is 0.345 e. The maximum atomic E-state index is 12.7. The summed E-state index contributed by atoms with van der Waals surface area (Å²) in [6.07, 6.45) is 2.88. The van der Waals surface area contributed by atoms with Gasteiger partial charge in [0.25, 0.3) is 0 Å². The summed E-state index contributed by atoms with van der Waals surface area (Å²) in [7, 11) is 0. The van der Waals surface area contributed by atoms with Gasteiger partial charge in [-0.2, -0.15) is 4.98 Å². The number of aromatic amines is 2. The Hall–Kier alpha value is -2.96. The van der Waals surface area contributed by atoms with Crippen LogP contribution in [0.3, 0.4) is 0 Å². The third-order valence-corrected chi connectivity index (χ3v) is 5.68. The Balaban J connectivity index is 1.34. The standard InChI is InChI=1S/C21H25N5O2/c1-13-16(14(2)23-21(28)22-13)7-8-19(27)26-11-9-15(10-12-26)20-24-17-5-3-4-6-18(17)25-20/h3-6,15H,7-12H2,1-2H3,(H,24,25)(H,22,23,28). The molecule has 0 bridgehead atoms. The van der Waals surface area contributed by atoms with E-state index in [4.69, 9.17) is 4.98 Å². The lowest BCUT2D eigenvalue weighted by molar-refractivity contribution is -0.132. The van der Waals surface area contributed by atoms with Crippen LogP contribution >= 0.6 is 0 Å². The van der Waals surface area contributed by atoms with Crippen LogP contribution in [0.1, 0.15) is 48.0 Å². The first-order chi connectivity index (χ1) is 13.5. The summed E-state index contributed by atoms with van der Waals surface area (Å²) in [5.41, 5.74) is 4.20. The molecule has 1 fully saturated rings. The summed E-state index contributed by atoms with van der Waals surface area (Å²) >= 11 is 0. The molecular weight excluding hydrogens is 354 g/mol. The Morgan fingerprint density at radius 3 is 2.61 bits per heavy atom. The number of nitrogens with one attached hydrogen (secondary N) is 2. The number of hydrogen-bond donors (Lipinski definition) is 2. The van der Waals surface area contributed by atoms with Gasteiger partial charge < -0.3 is 14.9 Å². The fourth-order valence-corrected chi connectivity index (χ4v) is 4.08. The lowest BCUT2D eigenvalue weighted by Gasteiger charge is -2.31. The van der Waals surface area contributed by atoms with Gasteiger partial charge >= 0.3 is 5.69 Å². The number of aromatic nitrogens is 4. The van der Waals surface area contributed by atoms with Crippen LogP contribution in [-0.2, 0) is 11.2 Å². The van der Waals surface area contributed by atoms with Gasteiger partial charge in [-0.05, 0) is 50.8 Å². The topological polar surface area (TPSA) is 94.7 Å². The van der Waals surface area contributed by atoms with E-state index >= 15 is 0 Å². The molecule has 4 rings (SSSR count). The van der Waals surface area contributed by atoms with Crippen molar-refractivity contribution in [3.8, 4) is 0 Å². The Morgan fingerprint density at radius 2 is 1.89 bits per heavy atom. The molecule has 2 aromatic heterocycles. The molecule has 146 valence electrons. The quantitative estimate of drug-likeness (QED) is 0.728. The molecule has 0 atom stereocenters. The number of hydrogen-bond acceptors (Lipinski definition) is 4. The van der Waals surface area contributed by atoms with E-state index in [2.05, 4.69) is 15.0 Å². The van der Waals surface area contributed by atoms with Crippen LogP contribution in [-0.4, -0.2) is 43.8 Å². The van der Waals surface area contributed by atoms with Crippen molar-refractivity contribution in [1.82, 2.24) is 24.8 Å². The number of amides is 1. The highest BCUT2D eigenvalue weighted by Gasteiger charge is 2.25. The summed E-state index contributed by atoms with van der Waals surface area (Å²) in [6, 6.07) is 8.06. The number of carbonyl (C=O) groups excluding carboxylic acids is 1. The molecule has 0 spiro atoms. The monoisotopic (exact) mass is 379 g/mol. The van der Waals surface area contributed by atoms with Gasteiger partial charge in [-0.15, -0.1) is 0 Å². The molecule has 1 aromatic carbocycles. The van der Waals surface area contributed by atoms with Gasteiger partial charge in [0, 0.05) is 36.8 Å². The van der Waals surface area contributed by atoms with Crippen LogP contribution < -0.4 is 5.69 Å². The lowest BCUT2D eigenvalue weighted by Crippen LogP contribution is -2.38. The Bertz CT molecular complexity index is 1000. The number of benzene rings is 1. The summed E-state index contributed by atoms with van der Waals surface area (Å²) < 4.78 is 0. The van der Waals surface area contributed by atoms with Crippen molar-refractivity contribution < 1.29 is 4.79 Å². The lowest BCUT2D eigenvalue weighted by atomic mass is 9.95. The Morgan fingerprint density at radius 1 is 1.14 bits per heavy atom. The van der Waals surface area contributed by atoms with Gasteiger partial charge in [0.05, 0.1) is 11.0 Å². The summed E-state index contributed by atoms with van der Waals surface area (Å²) in [6.45, 7) is 5.18. The van der Waals surface area contributed by atoms with Crippen molar-refractivity contribution in [1.29, 1.82) is 0 Å². The molecule has 0 unspecified atom stereocenters. The van der Waals surface area contributed by atoms with Crippen LogP contribution in [0.25, 0.3) is 11.0 Å². The van der Waals surface area contributed by atoms with Gasteiger partial charge in [0.1, 0.15) is 5.82 Å². The van der Waals surface area contributed by atoms with E-state index in [-0.39, 0.29) is 11.6 Å². The van der Waals surface area contributed by atoms with Crippen molar-refractivity contribution in [2.45, 2.75) is 45.4 Å². The molecule has 1 aliphatic heterocycles. The number of likely N-dealkylation sites (tertiary alicyclic amines) is 1. The molecule has 1 saturated heterocycles. The zero-order valence-electron chi connectivity index (χ0n) is 16.3. The van der Waals surface area contributed by atoms with E-state index in [0.29, 0.717) is 24.5 Å². The van der Waals surface area contributed by atoms with Crippen molar-refractivity contribution in [3.63, 3.8) is 0 Å². The van der Waals surface area contributed by atoms with Gasteiger partial charge in [-0.3, -0.25) is 4.79 Å². The molecule has 1 amide bonds. The SMILES string of the molecule is Cc1nc(=O)[nH]c(C)c1CCC(=O)N1CCC(c2nc3ccccc3[nH]2)CC1. The Labute approximate surface area is 163 Å². The number of H-pyrrole nitrogens is 2. The smallest absolute Gasteiger partial charge is 0.343 e. The molecule has 2 N–H and O–H groups in total. The predicted octanol–water partition coefficient (Wildman–Crippen LogP) is 2.60. The zero-order valence-corrected chi connectivity index (χ0v) is 16.3. The number of imidazole rings is 1. The van der Waals surface area contributed by atoms with Gasteiger partial charge in [0.2, 0.25) is 5.91 Å². The highest BCUT2D eigenvalue weighted by Crippen LogP contribution is 2.28. The van der Waals surface area contributed by atoms with E-state index < -0.39 is 0 Å². The molecule has 0 aliphatic carbocycles. The third-order valence-electron chi connectivity index (χ3n) is 5.68. The van der Waals surface area contributed by atoms with Crippen molar-refractivity contribution in [3.05, 3.63) is 57.5 Å². The fourth-order valence-electron chi connectivity index (χ4n) is 4.08. The first-order valence-corrected chi connectivity index (χ1v) is 9.80. The van der Waals surface area contributed by atoms with E-state index in [1.165, 1.54) is 0 Å². The Kier molecular flexibility index (Phi) is 4.98. The van der Waals surface area contributed by atoms with Crippen LogP contribution in [0.15, 0.2) is 29.1 Å². The normalized spacial score (nSPS) is 15.3. The first kappa shape index (κ1) is 18.4. The second kappa shape index (κ2) is 7.58. The van der Waals surface area contributed by atoms with Crippen LogP contribution in [0.2, 0.25) is 0 Å². The number of carbonyl (C=O) groups is 1. The maximum absolute atomic E-state index is 12.7. The zero-order chi connectivity index (χ0) is 19.7. The van der Waals surface area contributed by atoms with E-state index in [0.717, 1.165) is 54.0 Å². The van der Waals surface area contributed by atoms with Crippen LogP contribution in [0, 0.1) is 13.8 Å². The summed E-state index contributed by atoms with van der Waals surface area (Å²) in [5, 5.41) is 0. The number of nitrogens with zero attached hydrogens (tertiary/aromatic N) is 3. The minimum atomic E-state index is -0.335. The molecule has 3 heterocycles. The summed E-state index contributed by atoms with van der Waals surface area (Å²) in [4.78, 5) is 40.8. The molecule has 0 radical (unpaired) electrons. The van der Waals surface area contributed by atoms with Crippen molar-refractivity contribution in [2.75, 3.05) is 13.1 Å². The second-order valence-corrected chi connectivity index (χ2v) is 7.53. The molecule has 0 saturated carbocycles. The largest absolute Gasteiger partial charge is 0.345 e. The first-order valence-electron chi connectivity index (χ1n) is 9.80. The van der Waals surface area contributed by atoms with E-state index in [9.17, 15) is 9.59 Å². The molecule has 7 heteroatoms. The molecule has 7 nitrogen and oxygen atoms in total. The van der Waals surface area contributed by atoms with Gasteiger partial charge in [0.15, 0.2) is 0 Å². The highest BCUT2D eigenvalue weighted by molar-refractivity contribution is 5.77. The van der Waals surface area contributed by atoms with Gasteiger partial charge in [-0.25, -0.2) is 9.78 Å². The van der Waals surface area contributed by atoms with Gasteiger partial charge in [-0.1, -0.05) is 12.1 Å². The molecule has 28 heavy (non-hydrogen) atoms. The highest BCUT2D eigenvalue weighted by atomic mass is 16.2. The number of fused-ring (bicyclic) bond motifs is 1. The van der Waals surface area contributed by atoms with E-state index in [1.54, 1.807) is 0 Å². The third kappa shape index (κ3) is 3.69. The number of rotatable bonds is 4. The van der Waals surface area contributed by atoms with Crippen molar-refractivity contribution in [2.24, 2.45) is 0 Å². The van der Waals surface area contributed by atoms with E-state index in [1.807, 2.05) is 43.0 Å². The number of piperidine rings is 1. The number of aryl methyl sites for hydroxylation is 2. The minimum absolute atomic E-state index is 0.160. The second-order valence-electron chi connectivity index (χ2n) is 7.53. The average molecular weight is 379 g/mol. The fraction of sp³-hybridized carbons (Fsp3) is 0.429.